The lowest BCUT2D eigenvalue weighted by Crippen LogP contribution is -2.42. The van der Waals surface area contributed by atoms with Gasteiger partial charge in [-0.25, -0.2) is 0 Å². The first-order valence-corrected chi connectivity index (χ1v) is 10.8. The number of benzene rings is 1. The molecule has 0 bridgehead atoms. The SMILES string of the molecule is Cc1ccnn1CCC(=O)N[C@H]1CC[C@@H](C(=O)N2Cc3ccccc3C2)CN(C)C1. The van der Waals surface area contributed by atoms with Crippen molar-refractivity contribution in [2.45, 2.75) is 51.9 Å². The molecule has 0 radical (unpaired) electrons. The summed E-state index contributed by atoms with van der Waals surface area (Å²) in [5, 5.41) is 7.40. The minimum absolute atomic E-state index is 0.0158. The molecule has 2 aromatic rings. The number of carbonyl (C=O) groups excluding carboxylic acids is 2. The number of likely N-dealkylation sites (tertiary alicyclic amines) is 1. The topological polar surface area (TPSA) is 70.5 Å². The Morgan fingerprint density at radius 2 is 1.83 bits per heavy atom. The van der Waals surface area contributed by atoms with E-state index >= 15 is 0 Å². The van der Waals surface area contributed by atoms with Crippen LogP contribution in [0.4, 0.5) is 0 Å². The van der Waals surface area contributed by atoms with Crippen molar-refractivity contribution in [2.75, 3.05) is 20.1 Å². The number of carbonyl (C=O) groups is 2. The monoisotopic (exact) mass is 409 g/mol. The summed E-state index contributed by atoms with van der Waals surface area (Å²) in [5.41, 5.74) is 3.57. The normalized spacial score (nSPS) is 21.9. The lowest BCUT2D eigenvalue weighted by Gasteiger charge is -2.24. The number of nitrogens with zero attached hydrogens (tertiary/aromatic N) is 4. The van der Waals surface area contributed by atoms with Crippen LogP contribution in [0.5, 0.6) is 0 Å². The fourth-order valence-corrected chi connectivity index (χ4v) is 4.62. The Hall–Kier alpha value is -2.67. The summed E-state index contributed by atoms with van der Waals surface area (Å²) in [7, 11) is 2.04. The molecule has 0 saturated carbocycles. The van der Waals surface area contributed by atoms with Crippen LogP contribution >= 0.6 is 0 Å². The van der Waals surface area contributed by atoms with E-state index in [2.05, 4.69) is 27.4 Å². The van der Waals surface area contributed by atoms with Crippen molar-refractivity contribution < 1.29 is 9.59 Å². The summed E-state index contributed by atoms with van der Waals surface area (Å²) in [6.45, 7) is 5.51. The molecule has 2 atom stereocenters. The second-order valence-electron chi connectivity index (χ2n) is 8.67. The van der Waals surface area contributed by atoms with E-state index in [9.17, 15) is 9.59 Å². The molecular weight excluding hydrogens is 378 g/mol. The summed E-state index contributed by atoms with van der Waals surface area (Å²) in [4.78, 5) is 29.8. The molecule has 1 N–H and O–H groups in total. The summed E-state index contributed by atoms with van der Waals surface area (Å²) in [5.74, 6) is 0.264. The molecule has 0 aliphatic carbocycles. The second kappa shape index (κ2) is 9.00. The lowest BCUT2D eigenvalue weighted by molar-refractivity contribution is -0.136. The van der Waals surface area contributed by atoms with Gasteiger partial charge in [0.15, 0.2) is 0 Å². The number of aromatic nitrogens is 2. The van der Waals surface area contributed by atoms with Gasteiger partial charge in [0.05, 0.1) is 5.92 Å². The van der Waals surface area contributed by atoms with Crippen LogP contribution in [-0.4, -0.2) is 57.6 Å². The number of fused-ring (bicyclic) bond motifs is 1. The Morgan fingerprint density at radius 1 is 1.10 bits per heavy atom. The third-order valence-electron chi connectivity index (χ3n) is 6.27. The van der Waals surface area contributed by atoms with Gasteiger partial charge in [0.25, 0.3) is 0 Å². The molecular formula is C23H31N5O2. The number of likely N-dealkylation sites (N-methyl/N-ethyl adjacent to an activating group) is 1. The highest BCUT2D eigenvalue weighted by atomic mass is 16.2. The molecule has 7 heteroatoms. The first-order chi connectivity index (χ1) is 14.5. The average molecular weight is 410 g/mol. The third-order valence-corrected chi connectivity index (χ3v) is 6.27. The number of rotatable bonds is 5. The van der Waals surface area contributed by atoms with Crippen LogP contribution in [0.2, 0.25) is 0 Å². The maximum Gasteiger partial charge on any atom is 0.227 e. The largest absolute Gasteiger partial charge is 0.352 e. The van der Waals surface area contributed by atoms with E-state index in [0.717, 1.165) is 31.6 Å². The molecule has 3 heterocycles. The minimum Gasteiger partial charge on any atom is -0.352 e. The highest BCUT2D eigenvalue weighted by Gasteiger charge is 2.32. The van der Waals surface area contributed by atoms with Crippen molar-refractivity contribution in [1.29, 1.82) is 0 Å². The van der Waals surface area contributed by atoms with E-state index in [1.807, 2.05) is 41.8 Å². The molecule has 30 heavy (non-hydrogen) atoms. The quantitative estimate of drug-likeness (QED) is 0.820. The molecule has 1 aromatic heterocycles. The zero-order valence-electron chi connectivity index (χ0n) is 17.9. The van der Waals surface area contributed by atoms with Crippen LogP contribution in [-0.2, 0) is 29.2 Å². The standard InChI is InChI=1S/C23H31N5O2/c1-17-9-11-24-28(17)12-10-22(29)25-21-8-7-20(13-26(2)16-21)23(30)27-14-18-5-3-4-6-19(18)15-27/h3-6,9,11,20-21H,7-8,10,12-16H2,1-2H3,(H,25,29)/t20-,21+/m1/s1. The van der Waals surface area contributed by atoms with Gasteiger partial charge in [0, 0.05) is 57.1 Å². The molecule has 160 valence electrons. The molecule has 1 saturated heterocycles. The fraction of sp³-hybridized carbons (Fsp3) is 0.522. The third kappa shape index (κ3) is 4.73. The summed E-state index contributed by atoms with van der Waals surface area (Å²) in [6.07, 6.45) is 3.80. The van der Waals surface area contributed by atoms with Gasteiger partial charge in [-0.1, -0.05) is 24.3 Å². The van der Waals surface area contributed by atoms with Gasteiger partial charge in [0.2, 0.25) is 11.8 Å². The molecule has 1 aromatic carbocycles. The highest BCUT2D eigenvalue weighted by Crippen LogP contribution is 2.26. The van der Waals surface area contributed by atoms with Crippen LogP contribution in [0.25, 0.3) is 0 Å². The fourth-order valence-electron chi connectivity index (χ4n) is 4.62. The van der Waals surface area contributed by atoms with Gasteiger partial charge in [-0.2, -0.15) is 5.10 Å². The Balaban J connectivity index is 1.28. The molecule has 2 aliphatic rings. The summed E-state index contributed by atoms with van der Waals surface area (Å²) in [6, 6.07) is 10.3. The van der Waals surface area contributed by atoms with E-state index < -0.39 is 0 Å². The van der Waals surface area contributed by atoms with Crippen molar-refractivity contribution in [3.05, 3.63) is 53.3 Å². The average Bonchev–Trinajstić information content (AvgIpc) is 3.29. The zero-order valence-corrected chi connectivity index (χ0v) is 17.9. The molecule has 0 spiro atoms. The van der Waals surface area contributed by atoms with E-state index in [-0.39, 0.29) is 23.8 Å². The molecule has 2 aliphatic heterocycles. The number of nitrogens with one attached hydrogen (secondary N) is 1. The van der Waals surface area contributed by atoms with Crippen LogP contribution in [0.3, 0.4) is 0 Å². The van der Waals surface area contributed by atoms with Crippen LogP contribution < -0.4 is 5.32 Å². The van der Waals surface area contributed by atoms with Crippen molar-refractivity contribution in [3.63, 3.8) is 0 Å². The maximum atomic E-state index is 13.2. The number of hydrogen-bond acceptors (Lipinski definition) is 4. The first kappa shape index (κ1) is 20.6. The maximum absolute atomic E-state index is 13.2. The molecule has 1 fully saturated rings. The van der Waals surface area contributed by atoms with Crippen molar-refractivity contribution in [3.8, 4) is 0 Å². The Bertz CT molecular complexity index is 884. The summed E-state index contributed by atoms with van der Waals surface area (Å²) >= 11 is 0. The van der Waals surface area contributed by atoms with Crippen LogP contribution in [0.1, 0.15) is 36.1 Å². The second-order valence-corrected chi connectivity index (χ2v) is 8.67. The number of hydrogen-bond donors (Lipinski definition) is 1. The smallest absolute Gasteiger partial charge is 0.227 e. The molecule has 4 rings (SSSR count). The van der Waals surface area contributed by atoms with Crippen molar-refractivity contribution in [2.24, 2.45) is 5.92 Å². The lowest BCUT2D eigenvalue weighted by atomic mass is 10.00. The van der Waals surface area contributed by atoms with Gasteiger partial charge >= 0.3 is 0 Å². The van der Waals surface area contributed by atoms with Crippen LogP contribution in [0, 0.1) is 12.8 Å². The number of aryl methyl sites for hydroxylation is 2. The van der Waals surface area contributed by atoms with Gasteiger partial charge in [0.1, 0.15) is 0 Å². The predicted molar refractivity (Wildman–Crippen MR) is 114 cm³/mol. The predicted octanol–water partition coefficient (Wildman–Crippen LogP) is 1.95. The van der Waals surface area contributed by atoms with E-state index in [4.69, 9.17) is 0 Å². The van der Waals surface area contributed by atoms with Gasteiger partial charge in [-0.3, -0.25) is 14.3 Å². The Kier molecular flexibility index (Phi) is 6.18. The van der Waals surface area contributed by atoms with Gasteiger partial charge in [-0.05, 0) is 44.0 Å². The highest BCUT2D eigenvalue weighted by molar-refractivity contribution is 5.80. The van der Waals surface area contributed by atoms with Gasteiger partial charge < -0.3 is 15.1 Å². The van der Waals surface area contributed by atoms with Crippen LogP contribution in [0.15, 0.2) is 36.5 Å². The van der Waals surface area contributed by atoms with E-state index in [1.165, 1.54) is 11.1 Å². The van der Waals surface area contributed by atoms with Crippen molar-refractivity contribution in [1.82, 2.24) is 24.9 Å². The summed E-state index contributed by atoms with van der Waals surface area (Å²) < 4.78 is 1.85. The van der Waals surface area contributed by atoms with E-state index in [0.29, 0.717) is 26.1 Å². The molecule has 7 nitrogen and oxygen atoms in total. The first-order valence-electron chi connectivity index (χ1n) is 10.8. The Labute approximate surface area is 178 Å². The van der Waals surface area contributed by atoms with Gasteiger partial charge in [-0.15, -0.1) is 0 Å². The zero-order chi connectivity index (χ0) is 21.1. The minimum atomic E-state index is -0.0158. The molecule has 0 unspecified atom stereocenters. The van der Waals surface area contributed by atoms with E-state index in [1.54, 1.807) is 6.20 Å². The molecule has 2 amide bonds. The Morgan fingerprint density at radius 3 is 2.50 bits per heavy atom. The van der Waals surface area contributed by atoms with Crippen molar-refractivity contribution >= 4 is 11.8 Å². The number of amides is 2.